The van der Waals surface area contributed by atoms with Crippen molar-refractivity contribution in [3.05, 3.63) is 297 Å². The van der Waals surface area contributed by atoms with Gasteiger partial charge in [-0.15, -0.1) is 11.8 Å². The summed E-state index contributed by atoms with van der Waals surface area (Å²) >= 11 is 1.66. The zero-order valence-corrected chi connectivity index (χ0v) is 82.8. The second kappa shape index (κ2) is 61.3. The average molecular weight is 2090 g/mol. The molecule has 0 aliphatic carbocycles. The molecular weight excluding hydrogens is 1960 g/mol. The number of carbonyl (C=O) groups excluding carboxylic acids is 8. The molecule has 147 heavy (non-hydrogen) atoms. The third kappa shape index (κ3) is 37.8. The first kappa shape index (κ1) is 122. The van der Waals surface area contributed by atoms with Crippen molar-refractivity contribution < 1.29 is 128 Å². The lowest BCUT2D eigenvalue weighted by Gasteiger charge is -2.30. The monoisotopic (exact) mass is 2090 g/mol. The summed E-state index contributed by atoms with van der Waals surface area (Å²) in [5.41, 5.74) is 43.5. The fraction of sp³-hybridized carbons (Fsp3) is 0.437. The number of likely N-dealkylation sites (N-methyl/N-ethyl adjacent to an activating group) is 3. The van der Waals surface area contributed by atoms with Crippen molar-refractivity contribution in [2.24, 2.45) is 40.1 Å². The van der Waals surface area contributed by atoms with E-state index < -0.39 is 157 Å². The van der Waals surface area contributed by atoms with Gasteiger partial charge < -0.3 is 131 Å². The van der Waals surface area contributed by atoms with Gasteiger partial charge in [0, 0.05) is 97.3 Å². The van der Waals surface area contributed by atoms with Gasteiger partial charge in [-0.05, 0) is 201 Å². The van der Waals surface area contributed by atoms with Crippen LogP contribution in [0.15, 0.2) is 206 Å². The molecule has 5 fully saturated rings. The molecule has 0 saturated carbocycles. The number of nitrogens with one attached hydrogen (secondary N) is 2. The minimum absolute atomic E-state index is 0.0876. The predicted octanol–water partition coefficient (Wildman–Crippen LogP) is 6.05. The number of ether oxygens (including phenoxy) is 1. The number of hydrogen-bond donors (Lipinski definition) is 17. The zero-order chi connectivity index (χ0) is 108. The number of hydrogen-bond acceptors (Lipinski definition) is 26. The van der Waals surface area contributed by atoms with Crippen molar-refractivity contribution in [3.8, 4) is 0 Å². The summed E-state index contributed by atoms with van der Waals surface area (Å²) in [5.74, 6) is -7.31. The topological polar surface area (TPSA) is 537 Å². The van der Waals surface area contributed by atoms with Gasteiger partial charge in [-0.2, -0.15) is 0 Å². The molecule has 44 heteroatoms. The second-order valence-electron chi connectivity index (χ2n) is 34.9. The first-order valence-electron chi connectivity index (χ1n) is 47.8. The van der Waals surface area contributed by atoms with Crippen LogP contribution in [0.2, 0.25) is 0 Å². The van der Waals surface area contributed by atoms with Gasteiger partial charge in [0.15, 0.2) is 0 Å². The smallest absolute Gasteiger partial charge is 0.267 e. The van der Waals surface area contributed by atoms with Crippen molar-refractivity contribution in [2.45, 2.75) is 162 Å². The molecule has 8 aromatic rings. The first-order chi connectivity index (χ1) is 69.9. The molecule has 6 aliphatic heterocycles. The molecule has 6 aliphatic rings. The van der Waals surface area contributed by atoms with E-state index in [0.29, 0.717) is 123 Å². The number of benzene rings is 8. The number of thioether (sulfide) groups is 1. The number of alkyl halides is 2. The summed E-state index contributed by atoms with van der Waals surface area (Å²) in [6.45, 7) is 12.7. The van der Waals surface area contributed by atoms with Gasteiger partial charge in [-0.3, -0.25) is 38.4 Å². The maximum atomic E-state index is 13.0. The highest BCUT2D eigenvalue weighted by Crippen LogP contribution is 2.31. The van der Waals surface area contributed by atoms with Crippen LogP contribution in [-0.2, 0) is 43.1 Å². The minimum atomic E-state index is -2.91. The van der Waals surface area contributed by atoms with E-state index in [4.69, 9.17) is 44.9 Å². The van der Waals surface area contributed by atoms with E-state index in [1.54, 1.807) is 55.1 Å². The Morgan fingerprint density at radius 1 is 0.347 bits per heavy atom. The van der Waals surface area contributed by atoms with Gasteiger partial charge in [0.1, 0.15) is 144 Å². The number of nitrogens with two attached hydrogens (primary N) is 7. The molecule has 804 valence electrons. The molecule has 33 nitrogen and oxygen atoms in total. The Hall–Kier alpha value is -11.8. The molecule has 16 atom stereocenters. The highest BCUT2D eigenvalue weighted by atomic mass is 32.2. The van der Waals surface area contributed by atoms with E-state index in [1.165, 1.54) is 182 Å². The highest BCUT2D eigenvalue weighted by Gasteiger charge is 2.44. The molecule has 8 amide bonds. The van der Waals surface area contributed by atoms with Crippen molar-refractivity contribution >= 4 is 59.0 Å². The highest BCUT2D eigenvalue weighted by molar-refractivity contribution is 7.99. The van der Waals surface area contributed by atoms with Crippen LogP contribution >= 0.6 is 11.8 Å². The molecule has 24 N–H and O–H groups in total. The second-order valence-corrected chi connectivity index (χ2v) is 36.0. The number of likely N-dealkylation sites (tertiary alicyclic amines) is 3. The van der Waals surface area contributed by atoms with Crippen molar-refractivity contribution in [2.75, 3.05) is 124 Å². The fourth-order valence-corrected chi connectivity index (χ4v) is 16.5. The van der Waals surface area contributed by atoms with Crippen molar-refractivity contribution in [1.29, 1.82) is 0 Å². The van der Waals surface area contributed by atoms with Gasteiger partial charge in [-0.25, -0.2) is 43.9 Å². The number of morpholine rings is 1. The first-order valence-corrected chi connectivity index (χ1v) is 49.0. The largest absolute Gasteiger partial charge is 0.386 e. The number of piperidine rings is 1. The zero-order valence-electron chi connectivity index (χ0n) is 81.9. The predicted molar refractivity (Wildman–Crippen MR) is 531 cm³/mol. The van der Waals surface area contributed by atoms with Gasteiger partial charge in [0.2, 0.25) is 47.3 Å². The Bertz CT molecular complexity index is 5140. The van der Waals surface area contributed by atoms with Crippen LogP contribution in [0.5, 0.6) is 0 Å². The molecule has 14 rings (SSSR count). The lowest BCUT2D eigenvalue weighted by atomic mass is 10.0. The molecule has 0 bridgehead atoms. The van der Waals surface area contributed by atoms with Gasteiger partial charge in [0.25, 0.3) is 5.92 Å². The molecular formula is C103H134F10N16O17S. The number of aliphatic hydroxyl groups is 8. The molecule has 0 radical (unpaired) electrons. The van der Waals surface area contributed by atoms with Crippen LogP contribution in [0.1, 0.15) is 153 Å². The standard InChI is InChI=1S/2C14H19FN2O2.C13H15F3N2O2.C13H17FN2O3.C13H15FN2O2.C13H19FN2O2.C12H15FN2O2S.C11H15FN2O2/c1-16-12(14(19)17-8-2-3-9-17)13(18)10-4-6-11(15)7-5-10;15-11-6-4-10(5-7-11)13(18)12(16)14(19)17-8-2-1-3-9-17;14-9-3-1-8(2-4-9)11(19)10(17)12(20)18-6-5-13(15,16)7-18;14-10-3-1-9(2-4-10)12(17)11(15)13(18)16-5-7-19-8-6-16;14-10-5-3-9(4-6-10)12(17)11(15)13(18)16-7-1-2-8-16;1-3-16(4-2)13(18)11(15)12(17)9-5-7-10(14)8-6-9;13-9-3-1-8(2-4-9)11(16)10(14)12(17)15-5-6-18-7-15;1-2-14-11(16)9(13)10(15)7-3-5-8(12)6-4-7/h4-7,12-13,16,18H,2-3,8-9H2,1H3;4-7,12-13,18H,1-3,8-9,16H2;1-4,10-11,19H,5-7,17H2;1-4,11-12,17H,5-8,15H2;1-6,11-12,17H,7-8,15H2;5-8,11-12,17H,3-4,15H2,1-2H3;1-4,10-11,16H,5-7,14H2;3-6,9-10,15H,2,13H2,1H3,(H,14,16). The summed E-state index contributed by atoms with van der Waals surface area (Å²) in [7, 11) is 1.64. The molecule has 0 spiro atoms. The van der Waals surface area contributed by atoms with Crippen LogP contribution in [-0.4, -0.2) is 300 Å². The maximum Gasteiger partial charge on any atom is 0.267 e. The van der Waals surface area contributed by atoms with Crippen LogP contribution < -0.4 is 50.8 Å². The summed E-state index contributed by atoms with van der Waals surface area (Å²) in [5, 5.41) is 85.5. The Morgan fingerprint density at radius 2 is 0.612 bits per heavy atom. The molecule has 8 aromatic carbocycles. The summed E-state index contributed by atoms with van der Waals surface area (Å²) in [6.07, 6.45) is -0.642. The Morgan fingerprint density at radius 3 is 0.891 bits per heavy atom. The normalized spacial score (nSPS) is 17.9. The number of rotatable bonds is 28. The summed E-state index contributed by atoms with van der Waals surface area (Å²) in [4.78, 5) is 106. The summed E-state index contributed by atoms with van der Waals surface area (Å²) < 4.78 is 133. The van der Waals surface area contributed by atoms with Crippen LogP contribution in [0, 0.1) is 46.5 Å². The van der Waals surface area contributed by atoms with Crippen LogP contribution in [0.4, 0.5) is 43.9 Å². The lowest BCUT2D eigenvalue weighted by Crippen LogP contribution is -2.50. The third-order valence-electron chi connectivity index (χ3n) is 24.5. The van der Waals surface area contributed by atoms with E-state index >= 15 is 0 Å². The lowest BCUT2D eigenvalue weighted by molar-refractivity contribution is -0.139. The van der Waals surface area contributed by atoms with Crippen LogP contribution in [0.25, 0.3) is 0 Å². The van der Waals surface area contributed by atoms with Gasteiger partial charge in [-0.1, -0.05) is 109 Å². The summed E-state index contributed by atoms with van der Waals surface area (Å²) in [6, 6.07) is 34.1. The van der Waals surface area contributed by atoms with E-state index in [9.17, 15) is 123 Å². The van der Waals surface area contributed by atoms with Crippen molar-refractivity contribution in [1.82, 2.24) is 44.9 Å². The Kier molecular flexibility index (Phi) is 50.9. The molecule has 0 aromatic heterocycles. The molecule has 16 unspecified atom stereocenters. The van der Waals surface area contributed by atoms with Gasteiger partial charge in [0.05, 0.1) is 25.6 Å². The van der Waals surface area contributed by atoms with Gasteiger partial charge >= 0.3 is 0 Å². The number of halogens is 10. The molecule has 6 heterocycles. The Labute approximate surface area is 851 Å². The average Bonchev–Trinajstić information content (AvgIpc) is 1.67. The van der Waals surface area contributed by atoms with Crippen LogP contribution in [0.3, 0.4) is 0 Å². The SMILES string of the molecule is CCN(CC)C(=O)C(N)C(O)c1ccc(F)cc1.CCNC(=O)C(N)C(O)c1ccc(F)cc1.CNC(C(=O)N1CCCC1)C(O)c1ccc(F)cc1.NC(C(=O)N1CC=CC1)C(O)c1ccc(F)cc1.NC(C(=O)N1CCC(F)(F)C1)C(O)c1ccc(F)cc1.NC(C(=O)N1CCCCC1)C(O)c1ccc(F)cc1.NC(C(=O)N1CCOCC1)C(O)c1ccc(F)cc1.NC(C(=O)N1CCSC1)C(O)c1ccc(F)cc1. The number of aliphatic hydroxyl groups excluding tert-OH is 8. The Balaban J connectivity index is 0.000000228. The fourth-order valence-electron chi connectivity index (χ4n) is 15.6. The minimum Gasteiger partial charge on any atom is -0.386 e. The van der Waals surface area contributed by atoms with Crippen molar-refractivity contribution in [3.63, 3.8) is 0 Å². The third-order valence-corrected chi connectivity index (χ3v) is 25.5. The van der Waals surface area contributed by atoms with E-state index in [2.05, 4.69) is 10.6 Å². The maximum absolute atomic E-state index is 13.0. The molecule has 5 saturated heterocycles. The number of nitrogens with zero attached hydrogens (tertiary/aromatic N) is 7. The van der Waals surface area contributed by atoms with E-state index in [0.717, 1.165) is 68.0 Å². The number of amides is 8. The van der Waals surface area contributed by atoms with E-state index in [1.807, 2.05) is 26.0 Å². The number of carbonyl (C=O) groups is 8. The van der Waals surface area contributed by atoms with E-state index in [-0.39, 0.29) is 65.0 Å². The quantitative estimate of drug-likeness (QED) is 0.0196.